The number of aromatic nitrogens is 3. The zero-order chi connectivity index (χ0) is 19.8. The number of nitrogens with one attached hydrogen (secondary N) is 2. The van der Waals surface area contributed by atoms with Crippen LogP contribution in [0.4, 0.5) is 0 Å². The van der Waals surface area contributed by atoms with Crippen molar-refractivity contribution >= 4 is 18.3 Å². The summed E-state index contributed by atoms with van der Waals surface area (Å²) in [6.07, 6.45) is 4.99. The minimum Gasteiger partial charge on any atom is -0.494 e. The minimum atomic E-state index is -0.155. The molecular weight excluding hydrogens is 390 g/mol. The van der Waals surface area contributed by atoms with Crippen LogP contribution in [-0.2, 0) is 6.42 Å². The number of amides is 1. The highest BCUT2D eigenvalue weighted by Crippen LogP contribution is 2.20. The van der Waals surface area contributed by atoms with Crippen molar-refractivity contribution in [1.82, 2.24) is 25.6 Å². The van der Waals surface area contributed by atoms with Gasteiger partial charge in [0.2, 0.25) is 0 Å². The highest BCUT2D eigenvalue weighted by atomic mass is 35.5. The first-order valence-corrected chi connectivity index (χ1v) is 10.3. The van der Waals surface area contributed by atoms with E-state index in [0.29, 0.717) is 18.3 Å². The summed E-state index contributed by atoms with van der Waals surface area (Å²) in [5, 5.41) is 14.7. The molecule has 0 saturated carbocycles. The summed E-state index contributed by atoms with van der Waals surface area (Å²) in [7, 11) is 0. The van der Waals surface area contributed by atoms with Crippen LogP contribution in [0.1, 0.15) is 60.4 Å². The van der Waals surface area contributed by atoms with Gasteiger partial charge in [0.1, 0.15) is 5.75 Å². The molecule has 0 bridgehead atoms. The Hall–Kier alpha value is -2.12. The molecule has 7 nitrogen and oxygen atoms in total. The van der Waals surface area contributed by atoms with Gasteiger partial charge in [0, 0.05) is 6.54 Å². The third-order valence-corrected chi connectivity index (χ3v) is 5.19. The van der Waals surface area contributed by atoms with E-state index in [-0.39, 0.29) is 18.3 Å². The Kier molecular flexibility index (Phi) is 9.41. The molecule has 160 valence electrons. The lowest BCUT2D eigenvalue weighted by Gasteiger charge is -2.23. The summed E-state index contributed by atoms with van der Waals surface area (Å²) in [6, 6.07) is 8.40. The predicted octanol–water partition coefficient (Wildman–Crippen LogP) is 3.08. The van der Waals surface area contributed by atoms with Crippen LogP contribution in [0.25, 0.3) is 0 Å². The fourth-order valence-corrected chi connectivity index (χ4v) is 3.44. The van der Waals surface area contributed by atoms with E-state index in [1.165, 1.54) is 5.56 Å². The Morgan fingerprint density at radius 2 is 2.00 bits per heavy atom. The number of hydrogen-bond acceptors (Lipinski definition) is 5. The molecule has 3 rings (SSSR count). The second-order valence-corrected chi connectivity index (χ2v) is 7.30. The van der Waals surface area contributed by atoms with Gasteiger partial charge in [0.15, 0.2) is 5.69 Å². The molecule has 2 heterocycles. The summed E-state index contributed by atoms with van der Waals surface area (Å²) >= 11 is 0. The molecule has 0 atom stereocenters. The molecule has 1 aromatic heterocycles. The Morgan fingerprint density at radius 1 is 1.28 bits per heavy atom. The normalized spacial score (nSPS) is 14.3. The maximum Gasteiger partial charge on any atom is 0.273 e. The number of piperidine rings is 1. The van der Waals surface area contributed by atoms with Gasteiger partial charge in [-0.2, -0.15) is 0 Å². The maximum atomic E-state index is 12.5. The molecular formula is C21H32ClN5O2. The largest absolute Gasteiger partial charge is 0.494 e. The van der Waals surface area contributed by atoms with E-state index >= 15 is 0 Å². The Labute approximate surface area is 179 Å². The fourth-order valence-electron chi connectivity index (χ4n) is 3.44. The van der Waals surface area contributed by atoms with Crippen LogP contribution in [0, 0.1) is 6.92 Å². The Bertz CT molecular complexity index is 757. The van der Waals surface area contributed by atoms with Gasteiger partial charge in [-0.15, -0.1) is 17.5 Å². The van der Waals surface area contributed by atoms with Crippen LogP contribution in [0.3, 0.4) is 0 Å². The molecule has 29 heavy (non-hydrogen) atoms. The average Bonchev–Trinajstić information content (AvgIpc) is 3.11. The molecule has 0 spiro atoms. The number of rotatable bonds is 9. The zero-order valence-electron chi connectivity index (χ0n) is 17.3. The number of ether oxygens (including phenoxy) is 1. The van der Waals surface area contributed by atoms with Crippen molar-refractivity contribution in [2.45, 2.75) is 52.0 Å². The van der Waals surface area contributed by atoms with Gasteiger partial charge in [0.25, 0.3) is 5.91 Å². The number of carbonyl (C=O) groups excluding carboxylic acids is 1. The molecule has 1 aliphatic rings. The SMILES string of the molecule is CCCCOc1ccc(CCNC(=O)c2nnn(C3CCNCC3)c2C)cc1.Cl. The van der Waals surface area contributed by atoms with Gasteiger partial charge in [-0.05, 0) is 63.4 Å². The van der Waals surface area contributed by atoms with Gasteiger partial charge < -0.3 is 15.4 Å². The number of hydrogen-bond donors (Lipinski definition) is 2. The van der Waals surface area contributed by atoms with Crippen molar-refractivity contribution < 1.29 is 9.53 Å². The Balaban J connectivity index is 0.00000300. The zero-order valence-corrected chi connectivity index (χ0v) is 18.1. The minimum absolute atomic E-state index is 0. The molecule has 8 heteroatoms. The molecule has 1 fully saturated rings. The first kappa shape index (κ1) is 23.2. The van der Waals surface area contributed by atoms with Gasteiger partial charge in [-0.1, -0.05) is 30.7 Å². The molecule has 0 unspecified atom stereocenters. The number of carbonyl (C=O) groups is 1. The van der Waals surface area contributed by atoms with Crippen LogP contribution in [-0.4, -0.2) is 47.1 Å². The lowest BCUT2D eigenvalue weighted by Crippen LogP contribution is -2.30. The number of nitrogens with zero attached hydrogens (tertiary/aromatic N) is 3. The third kappa shape index (κ3) is 6.44. The van der Waals surface area contributed by atoms with Crippen LogP contribution in [0.2, 0.25) is 0 Å². The molecule has 0 aliphatic carbocycles. The molecule has 0 radical (unpaired) electrons. The summed E-state index contributed by atoms with van der Waals surface area (Å²) in [5.74, 6) is 0.739. The van der Waals surface area contributed by atoms with E-state index in [1.807, 2.05) is 35.9 Å². The van der Waals surface area contributed by atoms with Crippen molar-refractivity contribution in [3.63, 3.8) is 0 Å². The van der Waals surface area contributed by atoms with Gasteiger partial charge in [-0.3, -0.25) is 4.79 Å². The second kappa shape index (κ2) is 11.8. The standard InChI is InChI=1S/C21H31N5O2.ClH/c1-3-4-15-28-19-7-5-17(6-8-19)9-14-23-21(27)20-16(2)26(25-24-20)18-10-12-22-13-11-18;/h5-8,18,22H,3-4,9-15H2,1-2H3,(H,23,27);1H. The number of benzene rings is 1. The fraction of sp³-hybridized carbons (Fsp3) is 0.571. The third-order valence-electron chi connectivity index (χ3n) is 5.19. The van der Waals surface area contributed by atoms with E-state index in [0.717, 1.165) is 63.2 Å². The molecule has 1 saturated heterocycles. The van der Waals surface area contributed by atoms with E-state index in [9.17, 15) is 4.79 Å². The van der Waals surface area contributed by atoms with Gasteiger partial charge in [0.05, 0.1) is 18.3 Å². The quantitative estimate of drug-likeness (QED) is 0.608. The first-order chi connectivity index (χ1) is 13.7. The van der Waals surface area contributed by atoms with Crippen molar-refractivity contribution in [2.24, 2.45) is 0 Å². The number of unbranched alkanes of at least 4 members (excludes halogenated alkanes) is 1. The van der Waals surface area contributed by atoms with E-state index < -0.39 is 0 Å². The number of halogens is 1. The predicted molar refractivity (Wildman–Crippen MR) is 116 cm³/mol. The maximum absolute atomic E-state index is 12.5. The van der Waals surface area contributed by atoms with Crippen molar-refractivity contribution in [3.05, 3.63) is 41.2 Å². The van der Waals surface area contributed by atoms with Gasteiger partial charge >= 0.3 is 0 Å². The lowest BCUT2D eigenvalue weighted by atomic mass is 10.1. The average molecular weight is 422 g/mol. The van der Waals surface area contributed by atoms with Crippen LogP contribution in [0.15, 0.2) is 24.3 Å². The topological polar surface area (TPSA) is 81.1 Å². The Morgan fingerprint density at radius 3 is 2.69 bits per heavy atom. The van der Waals surface area contributed by atoms with E-state index in [1.54, 1.807) is 0 Å². The molecule has 1 amide bonds. The van der Waals surface area contributed by atoms with Crippen LogP contribution >= 0.6 is 12.4 Å². The van der Waals surface area contributed by atoms with E-state index in [4.69, 9.17) is 4.74 Å². The lowest BCUT2D eigenvalue weighted by molar-refractivity contribution is 0.0948. The monoisotopic (exact) mass is 421 g/mol. The smallest absolute Gasteiger partial charge is 0.273 e. The van der Waals surface area contributed by atoms with E-state index in [2.05, 4.69) is 27.9 Å². The summed E-state index contributed by atoms with van der Waals surface area (Å²) in [6.45, 7) is 7.35. The van der Waals surface area contributed by atoms with Crippen molar-refractivity contribution in [1.29, 1.82) is 0 Å². The first-order valence-electron chi connectivity index (χ1n) is 10.3. The second-order valence-electron chi connectivity index (χ2n) is 7.30. The van der Waals surface area contributed by atoms with Crippen LogP contribution in [0.5, 0.6) is 5.75 Å². The highest BCUT2D eigenvalue weighted by Gasteiger charge is 2.22. The molecule has 2 aromatic rings. The molecule has 2 N–H and O–H groups in total. The highest BCUT2D eigenvalue weighted by molar-refractivity contribution is 5.93. The summed E-state index contributed by atoms with van der Waals surface area (Å²) in [4.78, 5) is 12.5. The van der Waals surface area contributed by atoms with Crippen molar-refractivity contribution in [2.75, 3.05) is 26.2 Å². The van der Waals surface area contributed by atoms with Crippen molar-refractivity contribution in [3.8, 4) is 5.75 Å². The summed E-state index contributed by atoms with van der Waals surface area (Å²) in [5.41, 5.74) is 2.44. The van der Waals surface area contributed by atoms with Gasteiger partial charge in [-0.25, -0.2) is 4.68 Å². The molecule has 1 aromatic carbocycles. The van der Waals surface area contributed by atoms with Crippen LogP contribution < -0.4 is 15.4 Å². The summed E-state index contributed by atoms with van der Waals surface area (Å²) < 4.78 is 7.59. The molecule has 1 aliphatic heterocycles.